The molecule has 1 aliphatic rings. The second kappa shape index (κ2) is 8.84. The summed E-state index contributed by atoms with van der Waals surface area (Å²) in [4.78, 5) is 14.4. The van der Waals surface area contributed by atoms with Crippen molar-refractivity contribution in [2.24, 2.45) is 0 Å². The zero-order chi connectivity index (χ0) is 22.1. The van der Waals surface area contributed by atoms with E-state index in [9.17, 15) is 0 Å². The van der Waals surface area contributed by atoms with Crippen LogP contribution in [0.3, 0.4) is 0 Å². The van der Waals surface area contributed by atoms with Gasteiger partial charge in [0.1, 0.15) is 17.8 Å². The number of aryl methyl sites for hydroxylation is 1. The summed E-state index contributed by atoms with van der Waals surface area (Å²) in [7, 11) is 0. The molecule has 0 bridgehead atoms. The molecule has 5 rings (SSSR count). The van der Waals surface area contributed by atoms with Crippen LogP contribution in [0.4, 0.5) is 5.82 Å². The van der Waals surface area contributed by atoms with E-state index in [0.29, 0.717) is 24.0 Å². The summed E-state index contributed by atoms with van der Waals surface area (Å²) in [5, 5.41) is 4.29. The van der Waals surface area contributed by atoms with Crippen LogP contribution in [-0.4, -0.2) is 38.7 Å². The Morgan fingerprint density at radius 2 is 2.19 bits per heavy atom. The zero-order valence-electron chi connectivity index (χ0n) is 18.2. The van der Waals surface area contributed by atoms with Crippen LogP contribution in [-0.2, 0) is 13.0 Å². The van der Waals surface area contributed by atoms with Gasteiger partial charge in [-0.3, -0.25) is 0 Å². The highest BCUT2D eigenvalue weighted by Crippen LogP contribution is 2.42. The van der Waals surface area contributed by atoms with Gasteiger partial charge < -0.3 is 24.8 Å². The SMILES string of the molecule is CC(C)NCCCn1c(Sc2cc3c(cc2-c2ccco2)CCO3)nc2c(N)ncnc21. The Kier molecular flexibility index (Phi) is 5.75. The number of nitrogens with two attached hydrogens (primary N) is 1. The van der Waals surface area contributed by atoms with Crippen molar-refractivity contribution in [1.82, 2.24) is 24.8 Å². The quantitative estimate of drug-likeness (QED) is 0.386. The van der Waals surface area contributed by atoms with E-state index in [1.807, 2.05) is 12.1 Å². The maximum atomic E-state index is 6.12. The number of nitrogens with one attached hydrogen (secondary N) is 1. The third-order valence-electron chi connectivity index (χ3n) is 5.42. The van der Waals surface area contributed by atoms with Gasteiger partial charge >= 0.3 is 0 Å². The Balaban J connectivity index is 1.54. The maximum Gasteiger partial charge on any atom is 0.175 e. The number of benzene rings is 1. The lowest BCUT2D eigenvalue weighted by Gasteiger charge is -2.13. The summed E-state index contributed by atoms with van der Waals surface area (Å²) in [6.45, 7) is 6.68. The van der Waals surface area contributed by atoms with Gasteiger partial charge in [0.2, 0.25) is 0 Å². The zero-order valence-corrected chi connectivity index (χ0v) is 19.0. The number of ether oxygens (including phenoxy) is 1. The predicted octanol–water partition coefficient (Wildman–Crippen LogP) is 4.14. The van der Waals surface area contributed by atoms with Crippen molar-refractivity contribution in [3.8, 4) is 17.1 Å². The largest absolute Gasteiger partial charge is 0.493 e. The average Bonchev–Trinajstić information content (AvgIpc) is 3.51. The normalized spacial score (nSPS) is 13.1. The molecule has 4 aromatic rings. The molecule has 3 N–H and O–H groups in total. The van der Waals surface area contributed by atoms with Crippen LogP contribution in [0.1, 0.15) is 25.8 Å². The molecule has 3 aromatic heterocycles. The fourth-order valence-corrected chi connectivity index (χ4v) is 4.91. The number of rotatable bonds is 8. The van der Waals surface area contributed by atoms with Crippen LogP contribution in [0, 0.1) is 0 Å². The molecule has 0 radical (unpaired) electrons. The third kappa shape index (κ3) is 4.05. The molecule has 1 aliphatic heterocycles. The molecule has 0 fully saturated rings. The minimum Gasteiger partial charge on any atom is -0.493 e. The van der Waals surface area contributed by atoms with Gasteiger partial charge in [-0.05, 0) is 42.8 Å². The van der Waals surface area contributed by atoms with E-state index in [1.54, 1.807) is 18.0 Å². The monoisotopic (exact) mass is 450 g/mol. The first kappa shape index (κ1) is 20.8. The van der Waals surface area contributed by atoms with Crippen LogP contribution in [0.25, 0.3) is 22.5 Å². The highest BCUT2D eigenvalue weighted by atomic mass is 32.2. The lowest BCUT2D eigenvalue weighted by atomic mass is 10.1. The van der Waals surface area contributed by atoms with Crippen molar-refractivity contribution < 1.29 is 9.15 Å². The molecule has 0 spiro atoms. The molecule has 166 valence electrons. The van der Waals surface area contributed by atoms with Gasteiger partial charge in [-0.15, -0.1) is 0 Å². The minimum atomic E-state index is 0.388. The van der Waals surface area contributed by atoms with E-state index in [-0.39, 0.29) is 0 Å². The Labute approximate surface area is 190 Å². The van der Waals surface area contributed by atoms with Crippen molar-refractivity contribution in [1.29, 1.82) is 0 Å². The van der Waals surface area contributed by atoms with E-state index < -0.39 is 0 Å². The molecule has 1 aromatic carbocycles. The second-order valence-electron chi connectivity index (χ2n) is 8.07. The molecule has 0 saturated heterocycles. The van der Waals surface area contributed by atoms with Gasteiger partial charge in [0.25, 0.3) is 0 Å². The Hall–Kier alpha value is -3.04. The number of nitrogen functional groups attached to an aromatic ring is 1. The molecule has 0 unspecified atom stereocenters. The third-order valence-corrected chi connectivity index (χ3v) is 6.47. The van der Waals surface area contributed by atoms with Gasteiger partial charge in [-0.1, -0.05) is 25.6 Å². The Morgan fingerprint density at radius 1 is 1.28 bits per heavy atom. The highest BCUT2D eigenvalue weighted by molar-refractivity contribution is 7.99. The van der Waals surface area contributed by atoms with E-state index in [1.165, 1.54) is 11.9 Å². The molecule has 8 nitrogen and oxygen atoms in total. The van der Waals surface area contributed by atoms with Gasteiger partial charge in [0.15, 0.2) is 22.1 Å². The lowest BCUT2D eigenvalue weighted by molar-refractivity contribution is 0.356. The Morgan fingerprint density at radius 3 is 3.00 bits per heavy atom. The van der Waals surface area contributed by atoms with Crippen LogP contribution >= 0.6 is 11.8 Å². The number of nitrogens with zero attached hydrogens (tertiary/aromatic N) is 4. The van der Waals surface area contributed by atoms with Crippen LogP contribution in [0.15, 0.2) is 51.3 Å². The number of hydrogen-bond acceptors (Lipinski definition) is 8. The first-order chi connectivity index (χ1) is 15.6. The van der Waals surface area contributed by atoms with E-state index in [0.717, 1.165) is 58.7 Å². The molecular formula is C23H26N6O2S. The van der Waals surface area contributed by atoms with Crippen molar-refractivity contribution in [2.75, 3.05) is 18.9 Å². The minimum absolute atomic E-state index is 0.388. The van der Waals surface area contributed by atoms with Crippen LogP contribution in [0.5, 0.6) is 5.75 Å². The summed E-state index contributed by atoms with van der Waals surface area (Å²) in [6.07, 6.45) is 5.04. The highest BCUT2D eigenvalue weighted by Gasteiger charge is 2.22. The number of imidazole rings is 1. The van der Waals surface area contributed by atoms with Crippen molar-refractivity contribution in [3.63, 3.8) is 0 Å². The standard InChI is InChI=1S/C23H26N6O2S/c1-14(2)25-7-4-8-29-22-20(21(24)26-13-27-22)28-23(29)32-19-12-18-15(6-10-31-18)11-16(19)17-5-3-9-30-17/h3,5,9,11-14,25H,4,6-8,10H2,1-2H3,(H2,24,26,27). The van der Waals surface area contributed by atoms with E-state index >= 15 is 0 Å². The van der Waals surface area contributed by atoms with E-state index in [2.05, 4.69) is 45.8 Å². The summed E-state index contributed by atoms with van der Waals surface area (Å²) in [6, 6.07) is 8.58. The molecule has 9 heteroatoms. The first-order valence-electron chi connectivity index (χ1n) is 10.8. The van der Waals surface area contributed by atoms with Gasteiger partial charge in [0.05, 0.1) is 12.9 Å². The number of aromatic nitrogens is 4. The number of fused-ring (bicyclic) bond motifs is 2. The second-order valence-corrected chi connectivity index (χ2v) is 9.08. The molecule has 0 amide bonds. The number of anilines is 1. The Bertz CT molecular complexity index is 1240. The first-order valence-corrected chi connectivity index (χ1v) is 11.6. The fraction of sp³-hybridized carbons (Fsp3) is 0.348. The number of furan rings is 1. The fourth-order valence-electron chi connectivity index (χ4n) is 3.86. The van der Waals surface area contributed by atoms with Crippen molar-refractivity contribution in [3.05, 3.63) is 42.4 Å². The smallest absolute Gasteiger partial charge is 0.175 e. The topological polar surface area (TPSA) is 104 Å². The summed E-state index contributed by atoms with van der Waals surface area (Å²) >= 11 is 1.57. The van der Waals surface area contributed by atoms with Crippen LogP contribution in [0.2, 0.25) is 0 Å². The van der Waals surface area contributed by atoms with E-state index in [4.69, 9.17) is 19.9 Å². The molecular weight excluding hydrogens is 424 g/mol. The summed E-state index contributed by atoms with van der Waals surface area (Å²) in [5.41, 5.74) is 9.73. The van der Waals surface area contributed by atoms with Gasteiger partial charge in [-0.2, -0.15) is 0 Å². The predicted molar refractivity (Wildman–Crippen MR) is 125 cm³/mol. The van der Waals surface area contributed by atoms with Crippen LogP contribution < -0.4 is 15.8 Å². The van der Waals surface area contributed by atoms with Gasteiger partial charge in [0, 0.05) is 29.5 Å². The summed E-state index contributed by atoms with van der Waals surface area (Å²) < 4.78 is 13.7. The molecule has 0 saturated carbocycles. The number of hydrogen-bond donors (Lipinski definition) is 2. The maximum absolute atomic E-state index is 6.12. The lowest BCUT2D eigenvalue weighted by Crippen LogP contribution is -2.24. The molecule has 0 aliphatic carbocycles. The molecule has 32 heavy (non-hydrogen) atoms. The van der Waals surface area contributed by atoms with Crippen molar-refractivity contribution >= 4 is 28.7 Å². The van der Waals surface area contributed by atoms with Gasteiger partial charge in [-0.25, -0.2) is 15.0 Å². The molecule has 0 atom stereocenters. The molecule has 4 heterocycles. The summed E-state index contributed by atoms with van der Waals surface area (Å²) in [5.74, 6) is 2.13. The average molecular weight is 451 g/mol. The van der Waals surface area contributed by atoms with Crippen molar-refractivity contribution in [2.45, 2.75) is 49.3 Å².